The van der Waals surface area contributed by atoms with Crippen molar-refractivity contribution in [2.45, 2.75) is 25.8 Å². The molecule has 40 heavy (non-hydrogen) atoms. The number of benzene rings is 3. The fraction of sp³-hybridized carbons (Fsp3) is 0.233. The second-order valence-electron chi connectivity index (χ2n) is 10.2. The van der Waals surface area contributed by atoms with E-state index in [0.29, 0.717) is 63.8 Å². The van der Waals surface area contributed by atoms with Gasteiger partial charge >= 0.3 is 5.97 Å². The minimum absolute atomic E-state index is 0.224. The lowest BCUT2D eigenvalue weighted by molar-refractivity contribution is -0.215. The van der Waals surface area contributed by atoms with Crippen molar-refractivity contribution in [1.29, 1.82) is 0 Å². The number of ether oxygens (including phenoxy) is 1. The maximum atomic E-state index is 13.4. The molecule has 0 saturated heterocycles. The number of carbonyl (C=O) groups excluding carboxylic acids is 3. The summed E-state index contributed by atoms with van der Waals surface area (Å²) in [5.74, 6) is -0.483. The zero-order valence-corrected chi connectivity index (χ0v) is 22.7. The molecule has 0 saturated carbocycles. The van der Waals surface area contributed by atoms with Gasteiger partial charge in [-0.2, -0.15) is 4.89 Å². The Morgan fingerprint density at radius 3 is 2.48 bits per heavy atom. The van der Waals surface area contributed by atoms with Gasteiger partial charge in [0.25, 0.3) is 5.91 Å². The van der Waals surface area contributed by atoms with Gasteiger partial charge in [-0.05, 0) is 56.3 Å². The number of rotatable bonds is 6. The SMILES string of the molecule is COC(=O)c1ccc2c(c1)NC(=O)/C2=C(\Nc1ccc(N(C)C(=O)C(C)(C)N)cc1)c1ccc2c(c1)OOCC2. The van der Waals surface area contributed by atoms with Crippen LogP contribution in [0.2, 0.25) is 0 Å². The third-order valence-corrected chi connectivity index (χ3v) is 6.77. The molecule has 2 aliphatic rings. The molecule has 5 rings (SSSR count). The topological polar surface area (TPSA) is 132 Å². The lowest BCUT2D eigenvalue weighted by Gasteiger charge is -2.26. The molecule has 0 fully saturated rings. The Morgan fingerprint density at radius 1 is 1.05 bits per heavy atom. The molecule has 0 atom stereocenters. The number of nitrogens with two attached hydrogens (primary N) is 1. The Labute approximate surface area is 231 Å². The van der Waals surface area contributed by atoms with Crippen molar-refractivity contribution in [1.82, 2.24) is 0 Å². The van der Waals surface area contributed by atoms with E-state index >= 15 is 0 Å². The predicted octanol–water partition coefficient (Wildman–Crippen LogP) is 3.97. The minimum atomic E-state index is -1.02. The van der Waals surface area contributed by atoms with Crippen LogP contribution in [0.25, 0.3) is 11.3 Å². The van der Waals surface area contributed by atoms with Gasteiger partial charge in [-0.3, -0.25) is 9.59 Å². The van der Waals surface area contributed by atoms with Gasteiger partial charge in [0.1, 0.15) is 0 Å². The average Bonchev–Trinajstić information content (AvgIpc) is 3.28. The van der Waals surface area contributed by atoms with Crippen LogP contribution in [-0.4, -0.2) is 44.1 Å². The molecule has 2 amide bonds. The van der Waals surface area contributed by atoms with Crippen LogP contribution in [0.1, 0.15) is 40.9 Å². The first kappa shape index (κ1) is 26.9. The fourth-order valence-electron chi connectivity index (χ4n) is 4.66. The van der Waals surface area contributed by atoms with E-state index in [0.717, 1.165) is 5.56 Å². The van der Waals surface area contributed by atoms with Gasteiger partial charge in [0, 0.05) is 41.5 Å². The smallest absolute Gasteiger partial charge is 0.337 e. The van der Waals surface area contributed by atoms with Gasteiger partial charge in [0.05, 0.1) is 41.8 Å². The maximum Gasteiger partial charge on any atom is 0.337 e. The van der Waals surface area contributed by atoms with Crippen LogP contribution in [0.4, 0.5) is 17.1 Å². The molecule has 0 aliphatic carbocycles. The van der Waals surface area contributed by atoms with E-state index in [1.807, 2.05) is 30.3 Å². The first-order valence-electron chi connectivity index (χ1n) is 12.7. The van der Waals surface area contributed by atoms with Crippen LogP contribution in [0.3, 0.4) is 0 Å². The number of fused-ring (bicyclic) bond motifs is 2. The van der Waals surface area contributed by atoms with Crippen LogP contribution < -0.4 is 26.2 Å². The second kappa shape index (κ2) is 10.5. The first-order valence-corrected chi connectivity index (χ1v) is 12.7. The molecule has 3 aromatic carbocycles. The number of anilines is 3. The van der Waals surface area contributed by atoms with Crippen molar-refractivity contribution in [2.24, 2.45) is 5.73 Å². The van der Waals surface area contributed by atoms with Gasteiger partial charge < -0.3 is 30.9 Å². The fourth-order valence-corrected chi connectivity index (χ4v) is 4.66. The zero-order valence-electron chi connectivity index (χ0n) is 22.7. The number of nitrogens with one attached hydrogen (secondary N) is 2. The number of nitrogens with zero attached hydrogens (tertiary/aromatic N) is 1. The summed E-state index contributed by atoms with van der Waals surface area (Å²) in [5.41, 5.74) is 10.4. The lowest BCUT2D eigenvalue weighted by atomic mass is 9.97. The van der Waals surface area contributed by atoms with Crippen molar-refractivity contribution in [3.8, 4) is 5.75 Å². The molecule has 0 spiro atoms. The van der Waals surface area contributed by atoms with Crippen molar-refractivity contribution in [3.63, 3.8) is 0 Å². The summed E-state index contributed by atoms with van der Waals surface area (Å²) in [6.07, 6.45) is 0.710. The number of hydrogen-bond acceptors (Lipinski definition) is 8. The molecule has 2 heterocycles. The second-order valence-corrected chi connectivity index (χ2v) is 10.2. The highest BCUT2D eigenvalue weighted by molar-refractivity contribution is 6.37. The van der Waals surface area contributed by atoms with E-state index in [4.69, 9.17) is 20.2 Å². The zero-order chi connectivity index (χ0) is 28.6. The summed E-state index contributed by atoms with van der Waals surface area (Å²) >= 11 is 0. The Kier molecular flexibility index (Phi) is 7.05. The van der Waals surface area contributed by atoms with Crippen LogP contribution in [0, 0.1) is 0 Å². The van der Waals surface area contributed by atoms with E-state index in [9.17, 15) is 14.4 Å². The Hall–Kier alpha value is -4.67. The molecule has 0 bridgehead atoms. The Balaban J connectivity index is 1.57. The summed E-state index contributed by atoms with van der Waals surface area (Å²) < 4.78 is 4.82. The van der Waals surface area contributed by atoms with E-state index in [1.54, 1.807) is 51.2 Å². The van der Waals surface area contributed by atoms with E-state index < -0.39 is 11.5 Å². The number of carbonyl (C=O) groups is 3. The highest BCUT2D eigenvalue weighted by Gasteiger charge is 2.30. The Bertz CT molecular complexity index is 1540. The molecule has 0 radical (unpaired) electrons. The van der Waals surface area contributed by atoms with Crippen LogP contribution in [0.15, 0.2) is 60.7 Å². The summed E-state index contributed by atoms with van der Waals surface area (Å²) in [4.78, 5) is 50.1. The average molecular weight is 543 g/mol. The number of hydrogen-bond donors (Lipinski definition) is 3. The quantitative estimate of drug-likeness (QED) is 0.242. The minimum Gasteiger partial charge on any atom is -0.465 e. The molecule has 3 aromatic rings. The molecule has 10 nitrogen and oxygen atoms in total. The molecule has 4 N–H and O–H groups in total. The van der Waals surface area contributed by atoms with E-state index in [2.05, 4.69) is 10.6 Å². The highest BCUT2D eigenvalue weighted by atomic mass is 17.2. The third-order valence-electron chi connectivity index (χ3n) is 6.77. The lowest BCUT2D eigenvalue weighted by Crippen LogP contribution is -2.49. The van der Waals surface area contributed by atoms with Gasteiger partial charge in [-0.15, -0.1) is 0 Å². The number of esters is 1. The molecule has 2 aliphatic heterocycles. The highest BCUT2D eigenvalue weighted by Crippen LogP contribution is 2.39. The van der Waals surface area contributed by atoms with E-state index in [1.165, 1.54) is 12.0 Å². The molecule has 0 unspecified atom stereocenters. The molecule has 206 valence electrons. The molecule has 10 heteroatoms. The summed E-state index contributed by atoms with van der Waals surface area (Å²) in [5, 5.41) is 6.25. The van der Waals surface area contributed by atoms with Crippen molar-refractivity contribution in [3.05, 3.63) is 82.9 Å². The standard InChI is InChI=1S/C30H30N4O6/c1-30(2,31)29(37)34(3)21-10-8-20(9-11-21)32-26(18-6-5-17-13-14-39-40-24(17)16-18)25-22-12-7-19(28(36)38-4)15-23(22)33-27(25)35/h5-12,15-16,32H,13-14,31H2,1-4H3,(H,33,35)/b26-25-. The first-order chi connectivity index (χ1) is 19.1. The molecular formula is C30H30N4O6. The van der Waals surface area contributed by atoms with E-state index in [-0.39, 0.29) is 11.8 Å². The van der Waals surface area contributed by atoms with Gasteiger partial charge in [0.15, 0.2) is 5.75 Å². The Morgan fingerprint density at radius 2 is 1.77 bits per heavy atom. The van der Waals surface area contributed by atoms with Gasteiger partial charge in [-0.1, -0.05) is 18.2 Å². The number of amides is 2. The predicted molar refractivity (Wildman–Crippen MR) is 152 cm³/mol. The summed E-state index contributed by atoms with van der Waals surface area (Å²) in [6.45, 7) is 3.78. The van der Waals surface area contributed by atoms with Gasteiger partial charge in [-0.25, -0.2) is 4.79 Å². The summed E-state index contributed by atoms with van der Waals surface area (Å²) in [6, 6.07) is 17.8. The summed E-state index contributed by atoms with van der Waals surface area (Å²) in [7, 11) is 2.98. The van der Waals surface area contributed by atoms with Crippen molar-refractivity contribution < 1.29 is 28.9 Å². The molecule has 0 aromatic heterocycles. The maximum absolute atomic E-state index is 13.4. The van der Waals surface area contributed by atoms with Crippen molar-refractivity contribution in [2.75, 3.05) is 36.3 Å². The van der Waals surface area contributed by atoms with Crippen LogP contribution in [0.5, 0.6) is 5.75 Å². The van der Waals surface area contributed by atoms with Crippen molar-refractivity contribution >= 4 is 46.1 Å². The van der Waals surface area contributed by atoms with Crippen LogP contribution >= 0.6 is 0 Å². The third kappa shape index (κ3) is 5.14. The molecular weight excluding hydrogens is 512 g/mol. The van der Waals surface area contributed by atoms with Crippen LogP contribution in [-0.2, 0) is 25.6 Å². The monoisotopic (exact) mass is 542 g/mol. The largest absolute Gasteiger partial charge is 0.465 e. The normalized spacial score (nSPS) is 15.3. The number of likely N-dealkylation sites (N-methyl/N-ethyl adjacent to an activating group) is 1. The number of methoxy groups -OCH3 is 1. The van der Waals surface area contributed by atoms with Gasteiger partial charge in [0.2, 0.25) is 5.91 Å².